The van der Waals surface area contributed by atoms with E-state index in [2.05, 4.69) is 9.71 Å². The summed E-state index contributed by atoms with van der Waals surface area (Å²) in [7, 11) is -3.56. The zero-order valence-electron chi connectivity index (χ0n) is 9.70. The minimum absolute atomic E-state index is 0.152. The van der Waals surface area contributed by atoms with E-state index < -0.39 is 10.0 Å². The maximum Gasteiger partial charge on any atom is 0.263 e. The Morgan fingerprint density at radius 3 is 2.72 bits per heavy atom. The van der Waals surface area contributed by atoms with Gasteiger partial charge in [-0.3, -0.25) is 9.71 Å². The van der Waals surface area contributed by atoms with E-state index in [0.717, 1.165) is 4.90 Å². The van der Waals surface area contributed by atoms with Crippen LogP contribution in [0.4, 0.5) is 5.69 Å². The first kappa shape index (κ1) is 12.9. The molecule has 0 saturated carbocycles. The number of benzene rings is 1. The molecule has 18 heavy (non-hydrogen) atoms. The number of nitrogens with zero attached hydrogens (tertiary/aromatic N) is 1. The summed E-state index contributed by atoms with van der Waals surface area (Å²) in [6.07, 6.45) is 4.79. The molecule has 2 aromatic rings. The quantitative estimate of drug-likeness (QED) is 0.875. The first-order valence-electron chi connectivity index (χ1n) is 5.19. The van der Waals surface area contributed by atoms with Crippen LogP contribution in [0.2, 0.25) is 0 Å². The third-order valence-corrected chi connectivity index (χ3v) is 4.36. The predicted octanol–water partition coefficient (Wildman–Crippen LogP) is 2.60. The average Bonchev–Trinajstić information content (AvgIpc) is 2.39. The molecule has 1 heterocycles. The second-order valence-electron chi connectivity index (χ2n) is 3.53. The highest BCUT2D eigenvalue weighted by molar-refractivity contribution is 7.98. The monoisotopic (exact) mass is 280 g/mol. The van der Waals surface area contributed by atoms with Crippen molar-refractivity contribution in [1.29, 1.82) is 0 Å². The molecule has 0 bridgehead atoms. The van der Waals surface area contributed by atoms with Crippen molar-refractivity contribution in [3.05, 3.63) is 48.8 Å². The summed E-state index contributed by atoms with van der Waals surface area (Å²) in [5.41, 5.74) is 0.547. The number of hydrogen-bond acceptors (Lipinski definition) is 4. The van der Waals surface area contributed by atoms with E-state index in [4.69, 9.17) is 0 Å². The Morgan fingerprint density at radius 2 is 2.06 bits per heavy atom. The predicted molar refractivity (Wildman–Crippen MR) is 73.3 cm³/mol. The molecule has 0 aliphatic rings. The van der Waals surface area contributed by atoms with Crippen LogP contribution in [0.3, 0.4) is 0 Å². The van der Waals surface area contributed by atoms with Crippen LogP contribution in [0.25, 0.3) is 0 Å². The Labute approximate surface area is 111 Å². The fraction of sp³-hybridized carbons (Fsp3) is 0.0833. The number of pyridine rings is 1. The summed E-state index contributed by atoms with van der Waals surface area (Å²) in [6.45, 7) is 0. The molecule has 4 nitrogen and oxygen atoms in total. The maximum absolute atomic E-state index is 12.0. The molecule has 0 unspecified atom stereocenters. The molecule has 0 amide bonds. The Hall–Kier alpha value is -1.53. The van der Waals surface area contributed by atoms with Gasteiger partial charge < -0.3 is 0 Å². The van der Waals surface area contributed by atoms with Gasteiger partial charge in [0.1, 0.15) is 4.90 Å². The Kier molecular flexibility index (Phi) is 3.88. The molecule has 0 fully saturated rings. The first-order chi connectivity index (χ1) is 8.62. The fourth-order valence-electron chi connectivity index (χ4n) is 1.41. The Balaban J connectivity index is 2.28. The Bertz CT molecular complexity index is 628. The second kappa shape index (κ2) is 5.41. The van der Waals surface area contributed by atoms with Gasteiger partial charge in [-0.25, -0.2) is 8.42 Å². The van der Waals surface area contributed by atoms with Gasteiger partial charge in [-0.2, -0.15) is 0 Å². The van der Waals surface area contributed by atoms with E-state index in [0.29, 0.717) is 5.69 Å². The summed E-state index contributed by atoms with van der Waals surface area (Å²) < 4.78 is 26.6. The van der Waals surface area contributed by atoms with E-state index in [1.54, 1.807) is 30.0 Å². The number of rotatable bonds is 4. The number of nitrogens with one attached hydrogen (secondary N) is 1. The van der Waals surface area contributed by atoms with E-state index >= 15 is 0 Å². The molecular formula is C12H12N2O2S2. The van der Waals surface area contributed by atoms with Crippen molar-refractivity contribution in [3.8, 4) is 0 Å². The van der Waals surface area contributed by atoms with Gasteiger partial charge in [-0.05, 0) is 36.6 Å². The van der Waals surface area contributed by atoms with E-state index in [1.807, 2.05) is 18.4 Å². The SMILES string of the molecule is CSc1cccc(NS(=O)(=O)c2cccnc2)c1. The fourth-order valence-corrected chi connectivity index (χ4v) is 2.88. The number of aromatic nitrogens is 1. The summed E-state index contributed by atoms with van der Waals surface area (Å²) in [6, 6.07) is 10.3. The highest BCUT2D eigenvalue weighted by atomic mass is 32.2. The minimum atomic E-state index is -3.56. The maximum atomic E-state index is 12.0. The van der Waals surface area contributed by atoms with Crippen molar-refractivity contribution < 1.29 is 8.42 Å². The van der Waals surface area contributed by atoms with Gasteiger partial charge in [0.2, 0.25) is 0 Å². The van der Waals surface area contributed by atoms with Crippen LogP contribution in [0.1, 0.15) is 0 Å². The van der Waals surface area contributed by atoms with Gasteiger partial charge in [0.05, 0.1) is 0 Å². The molecule has 0 radical (unpaired) electrons. The van der Waals surface area contributed by atoms with Gasteiger partial charge in [0.15, 0.2) is 0 Å². The van der Waals surface area contributed by atoms with Crippen molar-refractivity contribution >= 4 is 27.5 Å². The third kappa shape index (κ3) is 3.02. The molecule has 1 aromatic heterocycles. The standard InChI is InChI=1S/C12H12N2O2S2/c1-17-11-5-2-4-10(8-11)14-18(15,16)12-6-3-7-13-9-12/h2-9,14H,1H3. The number of thioether (sulfide) groups is 1. The van der Waals surface area contributed by atoms with Crippen LogP contribution >= 0.6 is 11.8 Å². The lowest BCUT2D eigenvalue weighted by molar-refractivity contribution is 0.601. The third-order valence-electron chi connectivity index (χ3n) is 2.27. The molecule has 0 aliphatic carbocycles. The summed E-state index contributed by atoms with van der Waals surface area (Å²) in [5.74, 6) is 0. The topological polar surface area (TPSA) is 59.1 Å². The van der Waals surface area contributed by atoms with Gasteiger partial charge in [-0.15, -0.1) is 11.8 Å². The van der Waals surface area contributed by atoms with Crippen molar-refractivity contribution in [2.45, 2.75) is 9.79 Å². The largest absolute Gasteiger partial charge is 0.280 e. The summed E-state index contributed by atoms with van der Waals surface area (Å²) in [4.78, 5) is 4.96. The summed E-state index contributed by atoms with van der Waals surface area (Å²) in [5, 5.41) is 0. The molecule has 0 atom stereocenters. The van der Waals surface area contributed by atoms with Gasteiger partial charge >= 0.3 is 0 Å². The van der Waals surface area contributed by atoms with Crippen molar-refractivity contribution in [3.63, 3.8) is 0 Å². The number of anilines is 1. The molecule has 0 saturated heterocycles. The van der Waals surface area contributed by atoms with E-state index in [1.165, 1.54) is 18.5 Å². The number of sulfonamides is 1. The Morgan fingerprint density at radius 1 is 1.22 bits per heavy atom. The molecular weight excluding hydrogens is 268 g/mol. The molecule has 0 aliphatic heterocycles. The van der Waals surface area contributed by atoms with Crippen LogP contribution < -0.4 is 4.72 Å². The van der Waals surface area contributed by atoms with Crippen LogP contribution in [-0.2, 0) is 10.0 Å². The molecule has 94 valence electrons. The van der Waals surface area contributed by atoms with Gasteiger partial charge in [-0.1, -0.05) is 6.07 Å². The van der Waals surface area contributed by atoms with Crippen LogP contribution in [-0.4, -0.2) is 19.7 Å². The minimum Gasteiger partial charge on any atom is -0.280 e. The van der Waals surface area contributed by atoms with Gasteiger partial charge in [0.25, 0.3) is 10.0 Å². The average molecular weight is 280 g/mol. The van der Waals surface area contributed by atoms with Crippen molar-refractivity contribution in [2.24, 2.45) is 0 Å². The first-order valence-corrected chi connectivity index (χ1v) is 7.89. The highest BCUT2D eigenvalue weighted by Crippen LogP contribution is 2.21. The summed E-state index contributed by atoms with van der Waals surface area (Å²) >= 11 is 1.56. The van der Waals surface area contributed by atoms with Crippen LogP contribution in [0.15, 0.2) is 58.6 Å². The molecule has 0 spiro atoms. The van der Waals surface area contributed by atoms with E-state index in [-0.39, 0.29) is 4.90 Å². The molecule has 2 rings (SSSR count). The normalized spacial score (nSPS) is 11.2. The highest BCUT2D eigenvalue weighted by Gasteiger charge is 2.13. The molecule has 1 aromatic carbocycles. The smallest absolute Gasteiger partial charge is 0.263 e. The van der Waals surface area contributed by atoms with Crippen molar-refractivity contribution in [1.82, 2.24) is 4.98 Å². The van der Waals surface area contributed by atoms with E-state index in [9.17, 15) is 8.42 Å². The lowest BCUT2D eigenvalue weighted by atomic mass is 10.3. The number of hydrogen-bond donors (Lipinski definition) is 1. The zero-order chi connectivity index (χ0) is 13.0. The lowest BCUT2D eigenvalue weighted by Crippen LogP contribution is -2.13. The van der Waals surface area contributed by atoms with Gasteiger partial charge in [0, 0.05) is 23.0 Å². The molecule has 1 N–H and O–H groups in total. The van der Waals surface area contributed by atoms with Crippen LogP contribution in [0.5, 0.6) is 0 Å². The zero-order valence-corrected chi connectivity index (χ0v) is 11.3. The van der Waals surface area contributed by atoms with Crippen molar-refractivity contribution in [2.75, 3.05) is 11.0 Å². The lowest BCUT2D eigenvalue weighted by Gasteiger charge is -2.08. The molecule has 6 heteroatoms. The second-order valence-corrected chi connectivity index (χ2v) is 6.09. The van der Waals surface area contributed by atoms with Crippen LogP contribution in [0, 0.1) is 0 Å².